The summed E-state index contributed by atoms with van der Waals surface area (Å²) in [4.78, 5) is 14.0. The Hall–Kier alpha value is -2.84. The number of nitrogens with one attached hydrogen (secondary N) is 1. The van der Waals surface area contributed by atoms with Crippen molar-refractivity contribution in [2.75, 3.05) is 18.0 Å². The molecule has 0 radical (unpaired) electrons. The number of nitriles is 1. The van der Waals surface area contributed by atoms with E-state index in [2.05, 4.69) is 34.5 Å². The first-order valence-corrected chi connectivity index (χ1v) is 8.49. The van der Waals surface area contributed by atoms with Crippen molar-refractivity contribution in [2.24, 2.45) is 5.73 Å². The van der Waals surface area contributed by atoms with Gasteiger partial charge < -0.3 is 16.0 Å². The molecular weight excluding hydrogens is 312 g/mol. The van der Waals surface area contributed by atoms with Crippen LogP contribution in [0.25, 0.3) is 11.1 Å². The number of hydrogen-bond acceptors (Lipinski definition) is 4. The Morgan fingerprint density at radius 3 is 2.72 bits per heavy atom. The van der Waals surface area contributed by atoms with E-state index in [0.717, 1.165) is 29.8 Å². The first-order valence-electron chi connectivity index (χ1n) is 8.49. The molecule has 0 bridgehead atoms. The highest BCUT2D eigenvalue weighted by atomic mass is 16.2. The van der Waals surface area contributed by atoms with Crippen LogP contribution in [-0.2, 0) is 4.79 Å². The zero-order valence-corrected chi connectivity index (χ0v) is 14.3. The van der Waals surface area contributed by atoms with Gasteiger partial charge in [-0.2, -0.15) is 5.26 Å². The van der Waals surface area contributed by atoms with Crippen molar-refractivity contribution < 1.29 is 4.79 Å². The molecular formula is C20H22N4O. The van der Waals surface area contributed by atoms with E-state index in [1.807, 2.05) is 30.3 Å². The average Bonchev–Trinajstić information content (AvgIpc) is 3.10. The second kappa shape index (κ2) is 7.37. The zero-order valence-electron chi connectivity index (χ0n) is 14.3. The zero-order chi connectivity index (χ0) is 17.8. The van der Waals surface area contributed by atoms with Crippen molar-refractivity contribution in [3.63, 3.8) is 0 Å². The number of amides is 1. The third kappa shape index (κ3) is 3.81. The molecule has 25 heavy (non-hydrogen) atoms. The van der Waals surface area contributed by atoms with E-state index in [1.165, 1.54) is 0 Å². The molecule has 1 saturated heterocycles. The number of anilines is 1. The van der Waals surface area contributed by atoms with E-state index in [-0.39, 0.29) is 11.9 Å². The molecule has 1 aliphatic rings. The van der Waals surface area contributed by atoms with Crippen molar-refractivity contribution in [1.29, 1.82) is 5.26 Å². The summed E-state index contributed by atoms with van der Waals surface area (Å²) >= 11 is 0. The molecule has 3 N–H and O–H groups in total. The number of hydrogen-bond donors (Lipinski definition) is 2. The second-order valence-corrected chi connectivity index (χ2v) is 6.44. The maximum Gasteiger partial charge on any atom is 0.236 e. The summed E-state index contributed by atoms with van der Waals surface area (Å²) < 4.78 is 0. The molecule has 5 nitrogen and oxygen atoms in total. The van der Waals surface area contributed by atoms with Gasteiger partial charge in [0.25, 0.3) is 0 Å². The van der Waals surface area contributed by atoms with Gasteiger partial charge in [-0.05, 0) is 36.6 Å². The average molecular weight is 334 g/mol. The predicted octanol–water partition coefficient (Wildman–Crippen LogP) is 2.27. The van der Waals surface area contributed by atoms with E-state index in [1.54, 1.807) is 6.92 Å². The van der Waals surface area contributed by atoms with Gasteiger partial charge in [0.05, 0.1) is 17.3 Å². The van der Waals surface area contributed by atoms with Crippen LogP contribution < -0.4 is 16.0 Å². The lowest BCUT2D eigenvalue weighted by Gasteiger charge is -2.21. The molecule has 0 aliphatic carbocycles. The normalized spacial score (nSPS) is 17.8. The Morgan fingerprint density at radius 1 is 1.28 bits per heavy atom. The molecule has 0 saturated carbocycles. The molecule has 0 aromatic heterocycles. The number of rotatable bonds is 4. The summed E-state index contributed by atoms with van der Waals surface area (Å²) in [5.74, 6) is -0.134. The molecule has 1 fully saturated rings. The van der Waals surface area contributed by atoms with Gasteiger partial charge >= 0.3 is 0 Å². The highest BCUT2D eigenvalue weighted by Crippen LogP contribution is 2.30. The second-order valence-electron chi connectivity index (χ2n) is 6.44. The smallest absolute Gasteiger partial charge is 0.236 e. The van der Waals surface area contributed by atoms with Crippen LogP contribution in [-0.4, -0.2) is 31.1 Å². The highest BCUT2D eigenvalue weighted by Gasteiger charge is 2.26. The lowest BCUT2D eigenvalue weighted by atomic mass is 10.0. The number of nitrogens with zero attached hydrogens (tertiary/aromatic N) is 2. The number of carbonyl (C=O) groups is 1. The van der Waals surface area contributed by atoms with E-state index < -0.39 is 6.04 Å². The van der Waals surface area contributed by atoms with Crippen LogP contribution in [0.5, 0.6) is 0 Å². The third-order valence-electron chi connectivity index (χ3n) is 4.51. The van der Waals surface area contributed by atoms with Gasteiger partial charge in [0.15, 0.2) is 0 Å². The molecule has 0 spiro atoms. The van der Waals surface area contributed by atoms with Crippen molar-refractivity contribution >= 4 is 11.6 Å². The van der Waals surface area contributed by atoms with E-state index in [0.29, 0.717) is 12.1 Å². The van der Waals surface area contributed by atoms with Gasteiger partial charge in [0.1, 0.15) is 6.07 Å². The lowest BCUT2D eigenvalue weighted by molar-refractivity contribution is -0.122. The first-order chi connectivity index (χ1) is 12.1. The van der Waals surface area contributed by atoms with Gasteiger partial charge in [-0.15, -0.1) is 0 Å². The van der Waals surface area contributed by atoms with Crippen LogP contribution in [0.1, 0.15) is 18.9 Å². The van der Waals surface area contributed by atoms with Gasteiger partial charge in [0, 0.05) is 19.1 Å². The summed E-state index contributed by atoms with van der Waals surface area (Å²) in [6.45, 7) is 3.17. The fourth-order valence-electron chi connectivity index (χ4n) is 3.13. The lowest BCUT2D eigenvalue weighted by Crippen LogP contribution is -2.44. The highest BCUT2D eigenvalue weighted by molar-refractivity contribution is 5.81. The number of nitrogens with two attached hydrogens (primary N) is 1. The standard InChI is InChI=1S/C20H22N4O/c1-14(22)20(25)23-18-9-10-24(13-18)19-11-16(7-8-17(19)12-21)15-5-3-2-4-6-15/h2-8,11,14,18H,9-10,13,22H2,1H3,(H,23,25)/t14-,18-/m0/s1. The largest absolute Gasteiger partial charge is 0.368 e. The van der Waals surface area contributed by atoms with Gasteiger partial charge in [0.2, 0.25) is 5.91 Å². The van der Waals surface area contributed by atoms with Gasteiger partial charge in [-0.25, -0.2) is 0 Å². The Bertz CT molecular complexity index is 795. The molecule has 2 aromatic carbocycles. The molecule has 1 amide bonds. The Kier molecular flexibility index (Phi) is 5.01. The maximum absolute atomic E-state index is 11.8. The molecule has 1 aliphatic heterocycles. The van der Waals surface area contributed by atoms with Crippen LogP contribution in [0.4, 0.5) is 5.69 Å². The molecule has 1 heterocycles. The predicted molar refractivity (Wildman–Crippen MR) is 99.0 cm³/mol. The van der Waals surface area contributed by atoms with Crippen LogP contribution in [0, 0.1) is 11.3 Å². The van der Waals surface area contributed by atoms with Gasteiger partial charge in [-0.3, -0.25) is 4.79 Å². The monoisotopic (exact) mass is 334 g/mol. The molecule has 128 valence electrons. The molecule has 2 aromatic rings. The SMILES string of the molecule is C[C@H](N)C(=O)N[C@H]1CCN(c2cc(-c3ccccc3)ccc2C#N)C1. The summed E-state index contributed by atoms with van der Waals surface area (Å²) in [5.41, 5.74) is 9.39. The Morgan fingerprint density at radius 2 is 2.04 bits per heavy atom. The summed E-state index contributed by atoms with van der Waals surface area (Å²) in [6, 6.07) is 17.8. The van der Waals surface area contributed by atoms with E-state index >= 15 is 0 Å². The Balaban J connectivity index is 1.82. The molecule has 3 rings (SSSR count). The molecule has 0 unspecified atom stereocenters. The van der Waals surface area contributed by atoms with Crippen molar-refractivity contribution in [2.45, 2.75) is 25.4 Å². The minimum absolute atomic E-state index is 0.0606. The summed E-state index contributed by atoms with van der Waals surface area (Å²) in [6.07, 6.45) is 0.846. The van der Waals surface area contributed by atoms with E-state index in [4.69, 9.17) is 5.73 Å². The van der Waals surface area contributed by atoms with Crippen LogP contribution in [0.15, 0.2) is 48.5 Å². The minimum atomic E-state index is -0.509. The number of benzene rings is 2. The molecule has 5 heteroatoms. The van der Waals surface area contributed by atoms with Crippen molar-refractivity contribution in [1.82, 2.24) is 5.32 Å². The quantitative estimate of drug-likeness (QED) is 0.898. The van der Waals surface area contributed by atoms with Crippen molar-refractivity contribution in [3.8, 4) is 17.2 Å². The minimum Gasteiger partial charge on any atom is -0.368 e. The van der Waals surface area contributed by atoms with Crippen molar-refractivity contribution in [3.05, 3.63) is 54.1 Å². The van der Waals surface area contributed by atoms with Crippen LogP contribution >= 0.6 is 0 Å². The summed E-state index contributed by atoms with van der Waals surface area (Å²) in [5, 5.41) is 12.4. The fourth-order valence-corrected chi connectivity index (χ4v) is 3.13. The third-order valence-corrected chi connectivity index (χ3v) is 4.51. The van der Waals surface area contributed by atoms with Crippen LogP contribution in [0.3, 0.4) is 0 Å². The topological polar surface area (TPSA) is 82.2 Å². The Labute approximate surface area is 148 Å². The van der Waals surface area contributed by atoms with E-state index in [9.17, 15) is 10.1 Å². The first kappa shape index (κ1) is 17.0. The maximum atomic E-state index is 11.8. The van der Waals surface area contributed by atoms with Crippen LogP contribution in [0.2, 0.25) is 0 Å². The summed E-state index contributed by atoms with van der Waals surface area (Å²) in [7, 11) is 0. The van der Waals surface area contributed by atoms with Gasteiger partial charge in [-0.1, -0.05) is 36.4 Å². The molecule has 2 atom stereocenters. The number of carbonyl (C=O) groups excluding carboxylic acids is 1. The fraction of sp³-hybridized carbons (Fsp3) is 0.300.